The number of ether oxygens (including phenoxy) is 3. The van der Waals surface area contributed by atoms with Crippen LogP contribution in [0.2, 0.25) is 0 Å². The summed E-state index contributed by atoms with van der Waals surface area (Å²) in [5, 5.41) is 11.0. The molecule has 0 aliphatic rings. The molecule has 0 aliphatic carbocycles. The van der Waals surface area contributed by atoms with Gasteiger partial charge in [0.2, 0.25) is 5.78 Å². The second-order valence-corrected chi connectivity index (χ2v) is 6.70. The summed E-state index contributed by atoms with van der Waals surface area (Å²) < 4.78 is 15.9. The summed E-state index contributed by atoms with van der Waals surface area (Å²) in [6.07, 6.45) is 2.69. The third-order valence-corrected chi connectivity index (χ3v) is 4.04. The van der Waals surface area contributed by atoms with Crippen LogP contribution in [-0.4, -0.2) is 36.5 Å². The normalized spacial score (nSPS) is 10.8. The van der Waals surface area contributed by atoms with E-state index in [1.807, 2.05) is 13.8 Å². The van der Waals surface area contributed by atoms with E-state index in [4.69, 9.17) is 14.2 Å². The first-order valence-corrected chi connectivity index (χ1v) is 9.19. The van der Waals surface area contributed by atoms with Crippen LogP contribution in [0, 0.1) is 17.0 Å². The van der Waals surface area contributed by atoms with Crippen LogP contribution in [0.25, 0.3) is 6.08 Å². The summed E-state index contributed by atoms with van der Waals surface area (Å²) in [6, 6.07) is 9.30. The zero-order chi connectivity index (χ0) is 22.3. The van der Waals surface area contributed by atoms with E-state index in [-0.39, 0.29) is 17.4 Å². The predicted octanol–water partition coefficient (Wildman–Crippen LogP) is 4.14. The molecule has 0 heterocycles. The van der Waals surface area contributed by atoms with E-state index in [0.717, 1.165) is 0 Å². The maximum absolute atomic E-state index is 12.2. The maximum Gasteiger partial charge on any atom is 0.331 e. The fourth-order valence-electron chi connectivity index (χ4n) is 2.55. The second kappa shape index (κ2) is 10.2. The number of nitro benzene ring substituents is 1. The van der Waals surface area contributed by atoms with Crippen LogP contribution < -0.4 is 9.47 Å². The summed E-state index contributed by atoms with van der Waals surface area (Å²) in [4.78, 5) is 34.5. The maximum atomic E-state index is 12.2. The number of hydrogen-bond donors (Lipinski definition) is 0. The standard InChI is InChI=1S/C22H23NO7/c1-14(2)30-20-9-6-16(11-21(20)28-4)7-10-22(25)29-13-19(24)17-8-5-15(3)18(12-17)23(26)27/h5-12,14H,13H2,1-4H3/b10-7+. The number of methoxy groups -OCH3 is 1. The average molecular weight is 413 g/mol. The molecule has 158 valence electrons. The molecule has 0 aromatic heterocycles. The minimum atomic E-state index is -0.716. The van der Waals surface area contributed by atoms with Gasteiger partial charge < -0.3 is 14.2 Å². The third kappa shape index (κ3) is 6.16. The van der Waals surface area contributed by atoms with Crippen molar-refractivity contribution >= 4 is 23.5 Å². The zero-order valence-electron chi connectivity index (χ0n) is 17.2. The highest BCUT2D eigenvalue weighted by Gasteiger charge is 2.16. The Kier molecular flexibility index (Phi) is 7.69. The van der Waals surface area contributed by atoms with Crippen molar-refractivity contribution in [2.24, 2.45) is 0 Å². The quantitative estimate of drug-likeness (QED) is 0.200. The van der Waals surface area contributed by atoms with Gasteiger partial charge in [-0.2, -0.15) is 0 Å². The molecule has 2 aromatic carbocycles. The van der Waals surface area contributed by atoms with Gasteiger partial charge in [0.05, 0.1) is 18.1 Å². The number of carbonyl (C=O) groups is 2. The monoisotopic (exact) mass is 413 g/mol. The molecule has 0 unspecified atom stereocenters. The highest BCUT2D eigenvalue weighted by atomic mass is 16.6. The Morgan fingerprint density at radius 2 is 1.87 bits per heavy atom. The molecule has 0 aliphatic heterocycles. The first kappa shape index (κ1) is 22.6. The topological polar surface area (TPSA) is 105 Å². The lowest BCUT2D eigenvalue weighted by atomic mass is 10.1. The van der Waals surface area contributed by atoms with Gasteiger partial charge in [0.25, 0.3) is 5.69 Å². The van der Waals surface area contributed by atoms with E-state index in [0.29, 0.717) is 22.6 Å². The number of benzene rings is 2. The molecule has 2 aromatic rings. The number of nitro groups is 1. The van der Waals surface area contributed by atoms with Crippen LogP contribution >= 0.6 is 0 Å². The second-order valence-electron chi connectivity index (χ2n) is 6.70. The van der Waals surface area contributed by atoms with Gasteiger partial charge in [0, 0.05) is 23.3 Å². The van der Waals surface area contributed by atoms with Gasteiger partial charge in [-0.15, -0.1) is 0 Å². The molecule has 30 heavy (non-hydrogen) atoms. The number of Topliss-reactive ketones (excluding diaryl/α,β-unsaturated/α-hetero) is 1. The summed E-state index contributed by atoms with van der Waals surface area (Å²) in [7, 11) is 1.52. The van der Waals surface area contributed by atoms with Gasteiger partial charge in [-0.3, -0.25) is 14.9 Å². The molecule has 0 fully saturated rings. The lowest BCUT2D eigenvalue weighted by Gasteiger charge is -2.13. The summed E-state index contributed by atoms with van der Waals surface area (Å²) in [5.41, 5.74) is 1.07. The Morgan fingerprint density at radius 1 is 1.13 bits per heavy atom. The van der Waals surface area contributed by atoms with E-state index in [1.165, 1.54) is 37.5 Å². The molecular formula is C22H23NO7. The SMILES string of the molecule is COc1cc(/C=C/C(=O)OCC(=O)c2ccc(C)c([N+](=O)[O-])c2)ccc1OC(C)C. The minimum absolute atomic E-state index is 0.0113. The van der Waals surface area contributed by atoms with E-state index < -0.39 is 23.3 Å². The molecule has 0 atom stereocenters. The first-order valence-electron chi connectivity index (χ1n) is 9.19. The predicted molar refractivity (Wildman–Crippen MR) is 111 cm³/mol. The van der Waals surface area contributed by atoms with Crippen LogP contribution in [0.1, 0.15) is 35.3 Å². The Labute approximate surface area is 174 Å². The number of aryl methyl sites for hydroxylation is 1. The molecule has 0 bridgehead atoms. The molecular weight excluding hydrogens is 390 g/mol. The van der Waals surface area contributed by atoms with Crippen molar-refractivity contribution in [3.63, 3.8) is 0 Å². The smallest absolute Gasteiger partial charge is 0.331 e. The van der Waals surface area contributed by atoms with Crippen LogP contribution in [0.5, 0.6) is 11.5 Å². The molecule has 0 spiro atoms. The van der Waals surface area contributed by atoms with Gasteiger partial charge in [-0.05, 0) is 44.5 Å². The van der Waals surface area contributed by atoms with Crippen LogP contribution in [-0.2, 0) is 9.53 Å². The van der Waals surface area contributed by atoms with Crippen molar-refractivity contribution in [1.29, 1.82) is 0 Å². The Balaban J connectivity index is 1.99. The number of nitrogens with zero attached hydrogens (tertiary/aromatic N) is 1. The van der Waals surface area contributed by atoms with E-state index in [1.54, 1.807) is 25.1 Å². The molecule has 0 saturated heterocycles. The van der Waals surface area contributed by atoms with E-state index >= 15 is 0 Å². The number of rotatable bonds is 9. The lowest BCUT2D eigenvalue weighted by Crippen LogP contribution is -2.13. The summed E-state index contributed by atoms with van der Waals surface area (Å²) in [6.45, 7) is 4.86. The summed E-state index contributed by atoms with van der Waals surface area (Å²) >= 11 is 0. The van der Waals surface area contributed by atoms with E-state index in [9.17, 15) is 19.7 Å². The van der Waals surface area contributed by atoms with Crippen molar-refractivity contribution in [3.8, 4) is 11.5 Å². The van der Waals surface area contributed by atoms with Crippen molar-refractivity contribution in [3.05, 3.63) is 69.3 Å². The van der Waals surface area contributed by atoms with Gasteiger partial charge in [-0.1, -0.05) is 18.2 Å². The van der Waals surface area contributed by atoms with Gasteiger partial charge in [0.1, 0.15) is 0 Å². The van der Waals surface area contributed by atoms with Gasteiger partial charge in [0.15, 0.2) is 18.1 Å². The van der Waals surface area contributed by atoms with Gasteiger partial charge >= 0.3 is 5.97 Å². The zero-order valence-corrected chi connectivity index (χ0v) is 17.2. The van der Waals surface area contributed by atoms with Crippen molar-refractivity contribution in [2.45, 2.75) is 26.9 Å². The van der Waals surface area contributed by atoms with Gasteiger partial charge in [-0.25, -0.2) is 4.79 Å². The summed E-state index contributed by atoms with van der Waals surface area (Å²) in [5.74, 6) is -0.136. The molecule has 2 rings (SSSR count). The lowest BCUT2D eigenvalue weighted by molar-refractivity contribution is -0.385. The number of hydrogen-bond acceptors (Lipinski definition) is 7. The fraction of sp³-hybridized carbons (Fsp3) is 0.273. The Bertz CT molecular complexity index is 979. The van der Waals surface area contributed by atoms with E-state index in [2.05, 4.69) is 0 Å². The fourth-order valence-corrected chi connectivity index (χ4v) is 2.55. The minimum Gasteiger partial charge on any atom is -0.493 e. The Hall–Kier alpha value is -3.68. The largest absolute Gasteiger partial charge is 0.493 e. The van der Waals surface area contributed by atoms with Crippen LogP contribution in [0.4, 0.5) is 5.69 Å². The van der Waals surface area contributed by atoms with Crippen LogP contribution in [0.3, 0.4) is 0 Å². The molecule has 8 nitrogen and oxygen atoms in total. The molecule has 0 saturated carbocycles. The number of carbonyl (C=O) groups excluding carboxylic acids is 2. The highest BCUT2D eigenvalue weighted by molar-refractivity contribution is 5.99. The average Bonchev–Trinajstić information content (AvgIpc) is 2.70. The van der Waals surface area contributed by atoms with Crippen molar-refractivity contribution < 1.29 is 28.7 Å². The molecule has 0 radical (unpaired) electrons. The highest BCUT2D eigenvalue weighted by Crippen LogP contribution is 2.29. The number of ketones is 1. The van der Waals surface area contributed by atoms with Crippen molar-refractivity contribution in [1.82, 2.24) is 0 Å². The molecule has 0 amide bonds. The molecule has 0 N–H and O–H groups in total. The Morgan fingerprint density at radius 3 is 2.50 bits per heavy atom. The number of esters is 1. The first-order chi connectivity index (χ1) is 14.2. The van der Waals surface area contributed by atoms with Crippen LogP contribution in [0.15, 0.2) is 42.5 Å². The molecule has 8 heteroatoms. The van der Waals surface area contributed by atoms with Crippen molar-refractivity contribution in [2.75, 3.05) is 13.7 Å². The third-order valence-electron chi connectivity index (χ3n) is 4.04.